The number of anilines is 1. The lowest BCUT2D eigenvalue weighted by molar-refractivity contribution is 0.578. The summed E-state index contributed by atoms with van der Waals surface area (Å²) in [5.41, 5.74) is 8.79. The van der Waals surface area contributed by atoms with Crippen molar-refractivity contribution in [3.63, 3.8) is 0 Å². The van der Waals surface area contributed by atoms with Gasteiger partial charge in [-0.1, -0.05) is 6.92 Å². The maximum absolute atomic E-state index is 12.4. The number of hydrogen-bond donors (Lipinski definition) is 1. The number of hydrogen-bond acceptors (Lipinski definition) is 6. The molecule has 0 amide bonds. The van der Waals surface area contributed by atoms with Crippen LogP contribution in [0.2, 0.25) is 0 Å². The average molecular weight is 329 g/mol. The van der Waals surface area contributed by atoms with Crippen LogP contribution in [0.15, 0.2) is 6.07 Å². The Morgan fingerprint density at radius 3 is 2.81 bits per heavy atom. The fourth-order valence-corrected chi connectivity index (χ4v) is 5.62. The van der Waals surface area contributed by atoms with Crippen molar-refractivity contribution in [3.8, 4) is 0 Å². The van der Waals surface area contributed by atoms with Crippen LogP contribution in [0.5, 0.6) is 0 Å². The fraction of sp³-hybridized carbons (Fsp3) is 0.643. The van der Waals surface area contributed by atoms with Crippen molar-refractivity contribution in [1.82, 2.24) is 4.98 Å². The van der Waals surface area contributed by atoms with Crippen LogP contribution < -0.4 is 10.6 Å². The number of nitrogens with two attached hydrogens (primary N) is 1. The van der Waals surface area contributed by atoms with Crippen LogP contribution in [0.1, 0.15) is 23.7 Å². The normalized spacial score (nSPS) is 19.8. The van der Waals surface area contributed by atoms with Crippen molar-refractivity contribution < 1.29 is 8.42 Å². The number of rotatable bonds is 4. The number of nitrogens with zero attached hydrogens (tertiary/aromatic N) is 2. The van der Waals surface area contributed by atoms with Crippen LogP contribution in [-0.2, 0) is 16.4 Å². The van der Waals surface area contributed by atoms with Crippen molar-refractivity contribution in [2.45, 2.75) is 32.7 Å². The van der Waals surface area contributed by atoms with Gasteiger partial charge in [0.25, 0.3) is 0 Å². The highest BCUT2D eigenvalue weighted by molar-refractivity contribution is 8.01. The molecule has 1 aromatic heterocycles. The molecule has 0 aliphatic carbocycles. The first-order valence-electron chi connectivity index (χ1n) is 7.13. The Balaban J connectivity index is 2.52. The molecule has 1 aromatic rings. The van der Waals surface area contributed by atoms with Crippen LogP contribution in [0, 0.1) is 13.8 Å². The lowest BCUT2D eigenvalue weighted by Gasteiger charge is -2.37. The Bertz CT molecular complexity index is 617. The third kappa shape index (κ3) is 3.35. The summed E-state index contributed by atoms with van der Waals surface area (Å²) in [6, 6.07) is 1.99. The minimum absolute atomic E-state index is 0.150. The standard InChI is InChI=1S/C14H23N3O2S2/c1-4-21(18,19)13-9-20-6-5-17(13)14-12(8-15)10(2)7-11(3)16-14/h7,13H,4-6,8-9,15H2,1-3H3. The van der Waals surface area contributed by atoms with Gasteiger partial charge < -0.3 is 10.6 Å². The molecule has 0 aromatic carbocycles. The van der Waals surface area contributed by atoms with Crippen molar-refractivity contribution >= 4 is 27.4 Å². The second kappa shape index (κ2) is 6.54. The first kappa shape index (κ1) is 16.6. The molecule has 1 atom stereocenters. The minimum atomic E-state index is -3.14. The molecule has 1 aliphatic rings. The van der Waals surface area contributed by atoms with Crippen LogP contribution >= 0.6 is 11.8 Å². The molecule has 0 radical (unpaired) electrons. The van der Waals surface area contributed by atoms with Gasteiger partial charge in [-0.05, 0) is 25.5 Å². The summed E-state index contributed by atoms with van der Waals surface area (Å²) in [5.74, 6) is 2.40. The first-order valence-corrected chi connectivity index (χ1v) is 10.0. The van der Waals surface area contributed by atoms with Crippen molar-refractivity contribution in [2.75, 3.05) is 28.7 Å². The van der Waals surface area contributed by atoms with Gasteiger partial charge in [0.2, 0.25) is 0 Å². The van der Waals surface area contributed by atoms with Crippen molar-refractivity contribution in [1.29, 1.82) is 0 Å². The van der Waals surface area contributed by atoms with Gasteiger partial charge in [-0.25, -0.2) is 13.4 Å². The van der Waals surface area contributed by atoms with E-state index in [0.29, 0.717) is 18.8 Å². The molecule has 21 heavy (non-hydrogen) atoms. The predicted octanol–water partition coefficient (Wildman–Crippen LogP) is 1.47. The molecule has 0 bridgehead atoms. The van der Waals surface area contributed by atoms with Gasteiger partial charge in [0.15, 0.2) is 9.84 Å². The fourth-order valence-electron chi connectivity index (χ4n) is 2.65. The minimum Gasteiger partial charge on any atom is -0.338 e. The molecule has 5 nitrogen and oxygen atoms in total. The smallest absolute Gasteiger partial charge is 0.171 e. The van der Waals surface area contributed by atoms with E-state index < -0.39 is 15.2 Å². The summed E-state index contributed by atoms with van der Waals surface area (Å²) in [6.45, 7) is 6.70. The summed E-state index contributed by atoms with van der Waals surface area (Å²) >= 11 is 1.69. The SMILES string of the molecule is CCS(=O)(=O)C1CSCCN1c1nc(C)cc(C)c1CN. The van der Waals surface area contributed by atoms with Gasteiger partial charge in [0.1, 0.15) is 11.2 Å². The zero-order valence-electron chi connectivity index (χ0n) is 12.8. The lowest BCUT2D eigenvalue weighted by Crippen LogP contribution is -2.49. The molecule has 2 heterocycles. The Morgan fingerprint density at radius 1 is 1.48 bits per heavy atom. The molecule has 118 valence electrons. The highest BCUT2D eigenvalue weighted by Gasteiger charge is 2.34. The summed E-state index contributed by atoms with van der Waals surface area (Å²) in [6.07, 6.45) is 0. The average Bonchev–Trinajstić information content (AvgIpc) is 2.46. The Morgan fingerprint density at radius 2 is 2.19 bits per heavy atom. The number of sulfone groups is 1. The third-order valence-corrected chi connectivity index (χ3v) is 7.12. The molecule has 1 unspecified atom stereocenters. The number of pyridine rings is 1. The van der Waals surface area contributed by atoms with Crippen molar-refractivity contribution in [3.05, 3.63) is 22.9 Å². The van der Waals surface area contributed by atoms with E-state index in [9.17, 15) is 8.42 Å². The number of aromatic nitrogens is 1. The lowest BCUT2D eigenvalue weighted by atomic mass is 10.1. The van der Waals surface area contributed by atoms with Gasteiger partial charge in [-0.3, -0.25) is 0 Å². The Hall–Kier alpha value is -0.790. The van der Waals surface area contributed by atoms with E-state index in [0.717, 1.165) is 28.4 Å². The summed E-state index contributed by atoms with van der Waals surface area (Å²) in [5, 5.41) is -0.500. The topological polar surface area (TPSA) is 76.3 Å². The molecule has 0 spiro atoms. The molecule has 0 saturated carbocycles. The van der Waals surface area contributed by atoms with Crippen LogP contribution in [0.3, 0.4) is 0 Å². The van der Waals surface area contributed by atoms with Gasteiger partial charge in [0.05, 0.1) is 0 Å². The predicted molar refractivity (Wildman–Crippen MR) is 89.5 cm³/mol. The molecule has 1 aliphatic heterocycles. The van der Waals surface area contributed by atoms with E-state index >= 15 is 0 Å². The molecule has 7 heteroatoms. The van der Waals surface area contributed by atoms with Crippen LogP contribution in [-0.4, -0.2) is 42.6 Å². The third-order valence-electron chi connectivity index (χ3n) is 3.83. The van der Waals surface area contributed by atoms with Crippen molar-refractivity contribution in [2.24, 2.45) is 5.73 Å². The second-order valence-corrected chi connectivity index (χ2v) is 8.86. The molecule has 2 N–H and O–H groups in total. The maximum atomic E-state index is 12.4. The highest BCUT2D eigenvalue weighted by atomic mass is 32.2. The molecule has 1 saturated heterocycles. The largest absolute Gasteiger partial charge is 0.338 e. The van der Waals surface area contributed by atoms with Gasteiger partial charge in [-0.2, -0.15) is 11.8 Å². The summed E-state index contributed by atoms with van der Waals surface area (Å²) < 4.78 is 24.8. The molecular formula is C14H23N3O2S2. The zero-order chi connectivity index (χ0) is 15.6. The zero-order valence-corrected chi connectivity index (χ0v) is 14.4. The Kier molecular flexibility index (Phi) is 5.16. The van der Waals surface area contributed by atoms with Gasteiger partial charge in [0, 0.05) is 41.6 Å². The monoisotopic (exact) mass is 329 g/mol. The number of thioether (sulfide) groups is 1. The van der Waals surface area contributed by atoms with E-state index in [1.165, 1.54) is 0 Å². The van der Waals surface area contributed by atoms with Gasteiger partial charge >= 0.3 is 0 Å². The van der Waals surface area contributed by atoms with Crippen LogP contribution in [0.25, 0.3) is 0 Å². The van der Waals surface area contributed by atoms with E-state index in [4.69, 9.17) is 5.73 Å². The molecular weight excluding hydrogens is 306 g/mol. The van der Waals surface area contributed by atoms with E-state index in [2.05, 4.69) is 4.98 Å². The quantitative estimate of drug-likeness (QED) is 0.901. The number of aryl methyl sites for hydroxylation is 2. The molecule has 2 rings (SSSR count). The van der Waals surface area contributed by atoms with Crippen LogP contribution in [0.4, 0.5) is 5.82 Å². The Labute approximate surface area is 131 Å². The maximum Gasteiger partial charge on any atom is 0.171 e. The van der Waals surface area contributed by atoms with E-state index in [1.807, 2.05) is 24.8 Å². The molecule has 1 fully saturated rings. The second-order valence-electron chi connectivity index (χ2n) is 5.26. The highest BCUT2D eigenvalue weighted by Crippen LogP contribution is 2.30. The van der Waals surface area contributed by atoms with E-state index in [1.54, 1.807) is 18.7 Å². The summed E-state index contributed by atoms with van der Waals surface area (Å²) in [7, 11) is -3.14. The van der Waals surface area contributed by atoms with Gasteiger partial charge in [-0.15, -0.1) is 0 Å². The van der Waals surface area contributed by atoms with E-state index in [-0.39, 0.29) is 5.75 Å². The first-order chi connectivity index (χ1) is 9.90. The summed E-state index contributed by atoms with van der Waals surface area (Å²) in [4.78, 5) is 6.54.